The van der Waals surface area contributed by atoms with Crippen molar-refractivity contribution in [2.24, 2.45) is 5.41 Å². The summed E-state index contributed by atoms with van der Waals surface area (Å²) in [6.07, 6.45) is 6.07. The van der Waals surface area contributed by atoms with Crippen LogP contribution in [0.3, 0.4) is 0 Å². The molecule has 1 aliphatic carbocycles. The molecule has 1 aliphatic heterocycles. The van der Waals surface area contributed by atoms with Crippen molar-refractivity contribution in [2.75, 3.05) is 19.0 Å². The van der Waals surface area contributed by atoms with Crippen molar-refractivity contribution in [3.63, 3.8) is 0 Å². The van der Waals surface area contributed by atoms with Gasteiger partial charge in [-0.2, -0.15) is 0 Å². The number of rotatable bonds is 5. The van der Waals surface area contributed by atoms with Crippen molar-refractivity contribution >= 4 is 23.2 Å². The van der Waals surface area contributed by atoms with Gasteiger partial charge in [0.15, 0.2) is 0 Å². The van der Waals surface area contributed by atoms with Crippen LogP contribution in [-0.4, -0.2) is 19.0 Å². The van der Waals surface area contributed by atoms with Crippen LogP contribution in [-0.2, 0) is 13.0 Å². The molecule has 1 saturated carbocycles. The molecule has 0 saturated heterocycles. The maximum atomic E-state index is 6.18. The molecule has 3 rings (SSSR count). The fourth-order valence-corrected chi connectivity index (χ4v) is 4.05. The molecule has 1 N–H and O–H groups in total. The molecule has 0 spiro atoms. The van der Waals surface area contributed by atoms with Crippen LogP contribution in [0.2, 0.25) is 5.02 Å². The molecule has 1 heterocycles. The fraction of sp³-hybridized carbons (Fsp3) is 0.625. The molecule has 0 aromatic heterocycles. The summed E-state index contributed by atoms with van der Waals surface area (Å²) in [5.74, 6) is 1.79. The smallest absolute Gasteiger partial charge is 0.127 e. The van der Waals surface area contributed by atoms with Crippen molar-refractivity contribution < 1.29 is 4.74 Å². The van der Waals surface area contributed by atoms with Gasteiger partial charge >= 0.3 is 0 Å². The van der Waals surface area contributed by atoms with E-state index in [2.05, 4.69) is 5.32 Å². The Balaban J connectivity index is 1.64. The Morgan fingerprint density at radius 2 is 2.05 bits per heavy atom. The van der Waals surface area contributed by atoms with Gasteiger partial charge in [-0.15, -0.1) is 11.6 Å². The van der Waals surface area contributed by atoms with Crippen LogP contribution in [0.5, 0.6) is 5.75 Å². The third-order valence-corrected chi connectivity index (χ3v) is 5.37. The average Bonchev–Trinajstić information content (AvgIpc) is 3.07. The molecule has 0 amide bonds. The predicted molar refractivity (Wildman–Crippen MR) is 84.0 cm³/mol. The van der Waals surface area contributed by atoms with E-state index in [1.807, 2.05) is 12.1 Å². The van der Waals surface area contributed by atoms with Gasteiger partial charge in [-0.25, -0.2) is 0 Å². The minimum absolute atomic E-state index is 0.296. The Bertz CT molecular complexity index is 484. The molecule has 0 atom stereocenters. The van der Waals surface area contributed by atoms with E-state index in [0.29, 0.717) is 5.41 Å². The first-order chi connectivity index (χ1) is 9.72. The number of benzene rings is 1. The van der Waals surface area contributed by atoms with Gasteiger partial charge in [-0.1, -0.05) is 24.4 Å². The third-order valence-electron chi connectivity index (χ3n) is 4.59. The van der Waals surface area contributed by atoms with E-state index in [1.54, 1.807) is 0 Å². The first-order valence-electron chi connectivity index (χ1n) is 7.43. The summed E-state index contributed by atoms with van der Waals surface area (Å²) >= 11 is 12.4. The maximum Gasteiger partial charge on any atom is 0.127 e. The summed E-state index contributed by atoms with van der Waals surface area (Å²) in [4.78, 5) is 0. The lowest BCUT2D eigenvalue weighted by molar-refractivity contribution is 0.317. The van der Waals surface area contributed by atoms with E-state index in [9.17, 15) is 0 Å². The second-order valence-corrected chi connectivity index (χ2v) is 6.80. The van der Waals surface area contributed by atoms with E-state index in [-0.39, 0.29) is 0 Å². The molecular formula is C16H21Cl2NO. The van der Waals surface area contributed by atoms with Crippen molar-refractivity contribution in [1.29, 1.82) is 0 Å². The van der Waals surface area contributed by atoms with Crippen molar-refractivity contribution in [2.45, 2.75) is 38.6 Å². The zero-order valence-electron chi connectivity index (χ0n) is 11.7. The average molecular weight is 314 g/mol. The molecule has 1 aromatic rings. The number of nitrogens with one attached hydrogen (secondary N) is 1. The molecule has 1 aromatic carbocycles. The standard InChI is InChI=1S/C16H21Cl2NO/c17-10-16(4-1-2-5-16)11-19-9-13-8-14(18)7-12-3-6-20-15(12)13/h7-8,19H,1-6,9-11H2. The Morgan fingerprint density at radius 3 is 2.80 bits per heavy atom. The van der Waals surface area contributed by atoms with Gasteiger partial charge in [-0.3, -0.25) is 0 Å². The van der Waals surface area contributed by atoms with Gasteiger partial charge in [0, 0.05) is 36.0 Å². The van der Waals surface area contributed by atoms with Crippen molar-refractivity contribution in [3.05, 3.63) is 28.3 Å². The number of ether oxygens (including phenoxy) is 1. The van der Waals surface area contributed by atoms with E-state index < -0.39 is 0 Å². The lowest BCUT2D eigenvalue weighted by atomic mass is 9.88. The van der Waals surface area contributed by atoms with Gasteiger partial charge in [0.25, 0.3) is 0 Å². The Labute approximate surface area is 130 Å². The quantitative estimate of drug-likeness (QED) is 0.824. The fourth-order valence-electron chi connectivity index (χ4n) is 3.42. The lowest BCUT2D eigenvalue weighted by Gasteiger charge is -2.26. The SMILES string of the molecule is ClCC1(CNCc2cc(Cl)cc3c2OCC3)CCCC1. The van der Waals surface area contributed by atoms with Crippen molar-refractivity contribution in [1.82, 2.24) is 5.32 Å². The number of hydrogen-bond donors (Lipinski definition) is 1. The Kier molecular flexibility index (Phi) is 4.44. The minimum atomic E-state index is 0.296. The van der Waals surface area contributed by atoms with E-state index >= 15 is 0 Å². The monoisotopic (exact) mass is 313 g/mol. The maximum absolute atomic E-state index is 6.18. The second-order valence-electron chi connectivity index (χ2n) is 6.10. The first kappa shape index (κ1) is 14.5. The largest absolute Gasteiger partial charge is 0.493 e. The minimum Gasteiger partial charge on any atom is -0.493 e. The molecule has 20 heavy (non-hydrogen) atoms. The topological polar surface area (TPSA) is 21.3 Å². The normalized spacial score (nSPS) is 19.9. The zero-order chi connectivity index (χ0) is 14.0. The van der Waals surface area contributed by atoms with Gasteiger partial charge in [0.1, 0.15) is 5.75 Å². The van der Waals surface area contributed by atoms with Gasteiger partial charge < -0.3 is 10.1 Å². The molecule has 2 nitrogen and oxygen atoms in total. The highest BCUT2D eigenvalue weighted by Crippen LogP contribution is 2.39. The lowest BCUT2D eigenvalue weighted by Crippen LogP contribution is -2.33. The van der Waals surface area contributed by atoms with Crippen LogP contribution >= 0.6 is 23.2 Å². The highest BCUT2D eigenvalue weighted by molar-refractivity contribution is 6.30. The first-order valence-corrected chi connectivity index (χ1v) is 8.34. The molecule has 4 heteroatoms. The predicted octanol–water partition coefficient (Wildman–Crippen LogP) is 4.16. The van der Waals surface area contributed by atoms with E-state index in [0.717, 1.165) is 42.8 Å². The molecule has 0 radical (unpaired) electrons. The third kappa shape index (κ3) is 2.93. The van der Waals surface area contributed by atoms with Crippen molar-refractivity contribution in [3.8, 4) is 5.75 Å². The van der Waals surface area contributed by atoms with E-state index in [4.69, 9.17) is 27.9 Å². The van der Waals surface area contributed by atoms with Crippen LogP contribution in [0.1, 0.15) is 36.8 Å². The highest BCUT2D eigenvalue weighted by atomic mass is 35.5. The molecule has 0 unspecified atom stereocenters. The summed E-state index contributed by atoms with van der Waals surface area (Å²) in [6.45, 7) is 2.56. The van der Waals surface area contributed by atoms with Gasteiger partial charge in [-0.05, 0) is 36.0 Å². The van der Waals surface area contributed by atoms with Crippen LogP contribution in [0.15, 0.2) is 12.1 Å². The Hall–Kier alpha value is -0.440. The summed E-state index contributed by atoms with van der Waals surface area (Å²) in [5, 5.41) is 4.37. The molecule has 2 aliphatic rings. The Morgan fingerprint density at radius 1 is 1.25 bits per heavy atom. The molecule has 110 valence electrons. The number of hydrogen-bond acceptors (Lipinski definition) is 2. The molecule has 0 bridgehead atoms. The van der Waals surface area contributed by atoms with Gasteiger partial charge in [0.2, 0.25) is 0 Å². The number of fused-ring (bicyclic) bond motifs is 1. The highest BCUT2D eigenvalue weighted by Gasteiger charge is 2.32. The number of halogens is 2. The summed E-state index contributed by atoms with van der Waals surface area (Å²) < 4.78 is 5.73. The van der Waals surface area contributed by atoms with Gasteiger partial charge in [0.05, 0.1) is 6.61 Å². The van der Waals surface area contributed by atoms with Crippen LogP contribution in [0, 0.1) is 5.41 Å². The summed E-state index contributed by atoms with van der Waals surface area (Å²) in [5.41, 5.74) is 2.71. The van der Waals surface area contributed by atoms with Crippen LogP contribution < -0.4 is 10.1 Å². The zero-order valence-corrected chi connectivity index (χ0v) is 13.2. The van der Waals surface area contributed by atoms with Crippen LogP contribution in [0.25, 0.3) is 0 Å². The summed E-state index contributed by atoms with van der Waals surface area (Å²) in [7, 11) is 0. The summed E-state index contributed by atoms with van der Waals surface area (Å²) in [6, 6.07) is 4.03. The molecular weight excluding hydrogens is 293 g/mol. The van der Waals surface area contributed by atoms with Crippen LogP contribution in [0.4, 0.5) is 0 Å². The number of alkyl halides is 1. The molecule has 1 fully saturated rings. The van der Waals surface area contributed by atoms with E-state index in [1.165, 1.54) is 36.8 Å². The second kappa shape index (κ2) is 6.13.